The molecule has 0 radical (unpaired) electrons. The zero-order valence-electron chi connectivity index (χ0n) is 8.63. The van der Waals surface area contributed by atoms with Crippen LogP contribution in [0.1, 0.15) is 31.1 Å². The van der Waals surface area contributed by atoms with Gasteiger partial charge in [-0.3, -0.25) is 0 Å². The van der Waals surface area contributed by atoms with Gasteiger partial charge in [0.15, 0.2) is 0 Å². The van der Waals surface area contributed by atoms with E-state index >= 15 is 0 Å². The molecule has 0 spiro atoms. The van der Waals surface area contributed by atoms with Crippen molar-refractivity contribution in [1.29, 1.82) is 0 Å². The monoisotopic (exact) mass is 236 g/mol. The average Bonchev–Trinajstić information content (AvgIpc) is 2.31. The molecule has 6 nitrogen and oxygen atoms in total. The summed E-state index contributed by atoms with van der Waals surface area (Å²) in [5.74, 6) is -2.57. The largest absolute Gasteiger partial charge is 0.478 e. The molecule has 0 bridgehead atoms. The van der Waals surface area contributed by atoms with Gasteiger partial charge in [-0.05, 0) is 18.2 Å². The van der Waals surface area contributed by atoms with Crippen LogP contribution in [0.15, 0.2) is 18.2 Å². The van der Waals surface area contributed by atoms with E-state index in [1.807, 2.05) is 0 Å². The predicted octanol–water partition coefficient (Wildman–Crippen LogP) is 0.712. The fourth-order valence-electron chi connectivity index (χ4n) is 1.45. The lowest BCUT2D eigenvalue weighted by Crippen LogP contribution is -2.22. The van der Waals surface area contributed by atoms with Crippen molar-refractivity contribution in [1.82, 2.24) is 0 Å². The lowest BCUT2D eigenvalue weighted by molar-refractivity contribution is 0.0225. The Morgan fingerprint density at radius 2 is 1.65 bits per heavy atom. The molecule has 0 aromatic heterocycles. The SMILES string of the molecule is O=C(O)c1ccc2c(c1)C(=O)OCCOC2=O. The van der Waals surface area contributed by atoms with Crippen molar-refractivity contribution in [2.75, 3.05) is 13.2 Å². The number of carbonyl (C=O) groups excluding carboxylic acids is 2. The van der Waals surface area contributed by atoms with E-state index in [-0.39, 0.29) is 29.9 Å². The Balaban J connectivity index is 2.54. The van der Waals surface area contributed by atoms with E-state index in [1.165, 1.54) is 12.1 Å². The van der Waals surface area contributed by atoms with E-state index in [1.54, 1.807) is 0 Å². The minimum absolute atomic E-state index is 0.00923. The number of benzene rings is 1. The van der Waals surface area contributed by atoms with Crippen molar-refractivity contribution in [2.24, 2.45) is 0 Å². The van der Waals surface area contributed by atoms with Crippen molar-refractivity contribution in [3.63, 3.8) is 0 Å². The highest BCUT2D eigenvalue weighted by molar-refractivity contribution is 6.05. The molecule has 2 rings (SSSR count). The van der Waals surface area contributed by atoms with Crippen molar-refractivity contribution in [3.05, 3.63) is 34.9 Å². The number of hydrogen-bond acceptors (Lipinski definition) is 5. The smallest absolute Gasteiger partial charge is 0.339 e. The first-order valence-electron chi connectivity index (χ1n) is 4.81. The summed E-state index contributed by atoms with van der Waals surface area (Å²) in [6.45, 7) is -0.0496. The molecule has 0 saturated carbocycles. The molecule has 0 unspecified atom stereocenters. The number of esters is 2. The van der Waals surface area contributed by atoms with E-state index in [9.17, 15) is 14.4 Å². The summed E-state index contributed by atoms with van der Waals surface area (Å²) in [6, 6.07) is 3.58. The summed E-state index contributed by atoms with van der Waals surface area (Å²) in [5, 5.41) is 8.80. The second-order valence-electron chi connectivity index (χ2n) is 3.34. The molecule has 1 aliphatic heterocycles. The highest BCUT2D eigenvalue weighted by Crippen LogP contribution is 2.16. The molecular formula is C11H8O6. The standard InChI is InChI=1S/C11H8O6/c12-9(13)6-1-2-7-8(5-6)11(15)17-4-3-16-10(7)14/h1-2,5H,3-4H2,(H,12,13). The highest BCUT2D eigenvalue weighted by Gasteiger charge is 2.23. The van der Waals surface area contributed by atoms with Crippen molar-refractivity contribution < 1.29 is 29.0 Å². The zero-order valence-corrected chi connectivity index (χ0v) is 8.63. The van der Waals surface area contributed by atoms with Crippen LogP contribution in [-0.4, -0.2) is 36.2 Å². The maximum absolute atomic E-state index is 11.6. The number of carboxylic acids is 1. The third-order valence-corrected chi connectivity index (χ3v) is 2.26. The molecule has 1 N–H and O–H groups in total. The van der Waals surface area contributed by atoms with Crippen molar-refractivity contribution in [3.8, 4) is 0 Å². The molecule has 88 valence electrons. The molecule has 0 atom stereocenters. The number of cyclic esters (lactones) is 2. The molecule has 0 fully saturated rings. The Labute approximate surface area is 95.8 Å². The molecule has 6 heteroatoms. The summed E-state index contributed by atoms with van der Waals surface area (Å²) in [7, 11) is 0. The first kappa shape index (κ1) is 11.1. The van der Waals surface area contributed by atoms with E-state index in [0.717, 1.165) is 6.07 Å². The van der Waals surface area contributed by atoms with Crippen molar-refractivity contribution in [2.45, 2.75) is 0 Å². The van der Waals surface area contributed by atoms with Crippen LogP contribution in [-0.2, 0) is 9.47 Å². The molecule has 1 heterocycles. The van der Waals surface area contributed by atoms with Crippen LogP contribution in [0.5, 0.6) is 0 Å². The van der Waals surface area contributed by atoms with Gasteiger partial charge in [0.2, 0.25) is 0 Å². The van der Waals surface area contributed by atoms with Gasteiger partial charge in [0.25, 0.3) is 0 Å². The van der Waals surface area contributed by atoms with Gasteiger partial charge in [-0.1, -0.05) is 0 Å². The Hall–Kier alpha value is -2.37. The number of hydrogen-bond donors (Lipinski definition) is 1. The van der Waals surface area contributed by atoms with Crippen LogP contribution in [0.3, 0.4) is 0 Å². The van der Waals surface area contributed by atoms with Gasteiger partial charge < -0.3 is 14.6 Å². The van der Waals surface area contributed by atoms with Crippen LogP contribution >= 0.6 is 0 Å². The van der Waals surface area contributed by atoms with Crippen LogP contribution < -0.4 is 0 Å². The van der Waals surface area contributed by atoms with Crippen LogP contribution in [0.4, 0.5) is 0 Å². The minimum Gasteiger partial charge on any atom is -0.478 e. The molecular weight excluding hydrogens is 228 g/mol. The Kier molecular flexibility index (Phi) is 2.78. The average molecular weight is 236 g/mol. The molecule has 0 amide bonds. The summed E-state index contributed by atoms with van der Waals surface area (Å²) in [4.78, 5) is 33.8. The van der Waals surface area contributed by atoms with Gasteiger partial charge in [0.05, 0.1) is 16.7 Å². The van der Waals surface area contributed by atoms with E-state index in [4.69, 9.17) is 14.6 Å². The topological polar surface area (TPSA) is 89.9 Å². The lowest BCUT2D eigenvalue weighted by Gasteiger charge is -2.13. The van der Waals surface area contributed by atoms with Crippen molar-refractivity contribution >= 4 is 17.9 Å². The van der Waals surface area contributed by atoms with E-state index in [0.29, 0.717) is 0 Å². The summed E-state index contributed by atoms with van der Waals surface area (Å²) in [6.07, 6.45) is 0. The number of carboxylic acid groups (broad SMARTS) is 1. The van der Waals surface area contributed by atoms with Crippen LogP contribution in [0.25, 0.3) is 0 Å². The van der Waals surface area contributed by atoms with Crippen LogP contribution in [0.2, 0.25) is 0 Å². The Morgan fingerprint density at radius 1 is 1.06 bits per heavy atom. The first-order chi connectivity index (χ1) is 8.09. The Morgan fingerprint density at radius 3 is 2.24 bits per heavy atom. The fraction of sp³-hybridized carbons (Fsp3) is 0.182. The van der Waals surface area contributed by atoms with Gasteiger partial charge in [0.1, 0.15) is 13.2 Å². The summed E-state index contributed by atoms with van der Waals surface area (Å²) >= 11 is 0. The molecule has 1 aromatic rings. The Bertz CT molecular complexity index is 505. The number of ether oxygens (including phenoxy) is 2. The normalized spacial score (nSPS) is 15.1. The summed E-state index contributed by atoms with van der Waals surface area (Å²) in [5.41, 5.74) is -0.164. The van der Waals surface area contributed by atoms with E-state index in [2.05, 4.69) is 0 Å². The van der Waals surface area contributed by atoms with Gasteiger partial charge in [0, 0.05) is 0 Å². The highest BCUT2D eigenvalue weighted by atomic mass is 16.6. The van der Waals surface area contributed by atoms with Gasteiger partial charge in [-0.15, -0.1) is 0 Å². The lowest BCUT2D eigenvalue weighted by atomic mass is 10.0. The van der Waals surface area contributed by atoms with Gasteiger partial charge in [-0.2, -0.15) is 0 Å². The first-order valence-corrected chi connectivity index (χ1v) is 4.81. The molecule has 1 aliphatic rings. The molecule has 1 aromatic carbocycles. The maximum atomic E-state index is 11.6. The predicted molar refractivity (Wildman–Crippen MR) is 54.0 cm³/mol. The number of fused-ring (bicyclic) bond motifs is 1. The second-order valence-corrected chi connectivity index (χ2v) is 3.34. The maximum Gasteiger partial charge on any atom is 0.339 e. The van der Waals surface area contributed by atoms with Crippen LogP contribution in [0, 0.1) is 0 Å². The quantitative estimate of drug-likeness (QED) is 0.722. The molecule has 17 heavy (non-hydrogen) atoms. The zero-order chi connectivity index (χ0) is 12.4. The number of rotatable bonds is 1. The minimum atomic E-state index is -1.18. The van der Waals surface area contributed by atoms with Gasteiger partial charge in [-0.25, -0.2) is 14.4 Å². The third-order valence-electron chi connectivity index (χ3n) is 2.26. The number of carbonyl (C=O) groups is 3. The van der Waals surface area contributed by atoms with Gasteiger partial charge >= 0.3 is 17.9 Å². The van der Waals surface area contributed by atoms with E-state index < -0.39 is 17.9 Å². The molecule has 0 saturated heterocycles. The summed E-state index contributed by atoms with van der Waals surface area (Å²) < 4.78 is 9.58. The second kappa shape index (κ2) is 4.25. The molecule has 0 aliphatic carbocycles. The number of aromatic carboxylic acids is 1. The fourth-order valence-corrected chi connectivity index (χ4v) is 1.45. The third kappa shape index (κ3) is 2.10.